The van der Waals surface area contributed by atoms with Crippen LogP contribution in [0.4, 0.5) is 0 Å². The van der Waals surface area contributed by atoms with E-state index < -0.39 is 0 Å². The van der Waals surface area contributed by atoms with Crippen LogP contribution in [-0.4, -0.2) is 24.4 Å². The lowest BCUT2D eigenvalue weighted by molar-refractivity contribution is 0.0940. The molecule has 108 valence electrons. The molecule has 0 spiro atoms. The second-order valence-electron chi connectivity index (χ2n) is 5.29. The third kappa shape index (κ3) is 4.37. The van der Waals surface area contributed by atoms with Gasteiger partial charge in [0.05, 0.1) is 0 Å². The predicted octanol–water partition coefficient (Wildman–Crippen LogP) is 2.50. The zero-order valence-electron chi connectivity index (χ0n) is 11.9. The Balaban J connectivity index is 1.83. The van der Waals surface area contributed by atoms with E-state index in [-0.39, 0.29) is 11.8 Å². The maximum Gasteiger partial charge on any atom is 0.251 e. The molecule has 2 N–H and O–H groups in total. The predicted molar refractivity (Wildman–Crippen MR) is 78.8 cm³/mol. The number of nitrogens with one attached hydrogen (secondary N) is 2. The van der Waals surface area contributed by atoms with Crippen molar-refractivity contribution in [3.8, 4) is 0 Å². The minimum absolute atomic E-state index is 0.0533. The quantitative estimate of drug-likeness (QED) is 0.751. The summed E-state index contributed by atoms with van der Waals surface area (Å²) in [6.07, 6.45) is 5.42. The number of hydrogen-bond donors (Lipinski definition) is 2. The van der Waals surface area contributed by atoms with Crippen LogP contribution < -0.4 is 10.6 Å². The molecule has 1 aromatic rings. The van der Waals surface area contributed by atoms with Crippen molar-refractivity contribution in [2.75, 3.05) is 6.54 Å². The molecule has 0 atom stereocenters. The maximum absolute atomic E-state index is 11.9. The highest BCUT2D eigenvalue weighted by atomic mass is 16.2. The van der Waals surface area contributed by atoms with E-state index >= 15 is 0 Å². The molecule has 0 unspecified atom stereocenters. The van der Waals surface area contributed by atoms with E-state index in [4.69, 9.17) is 0 Å². The van der Waals surface area contributed by atoms with E-state index in [9.17, 15) is 9.59 Å². The summed E-state index contributed by atoms with van der Waals surface area (Å²) in [4.78, 5) is 23.7. The van der Waals surface area contributed by atoms with Crippen molar-refractivity contribution in [3.63, 3.8) is 0 Å². The zero-order valence-corrected chi connectivity index (χ0v) is 11.9. The summed E-state index contributed by atoms with van der Waals surface area (Å²) in [5.74, 6) is -0.127. The highest BCUT2D eigenvalue weighted by molar-refractivity contribution is 5.97. The fraction of sp³-hybridized carbons (Fsp3) is 0.500. The Labute approximate surface area is 119 Å². The van der Waals surface area contributed by atoms with Crippen LogP contribution in [0.1, 0.15) is 59.7 Å². The Morgan fingerprint density at radius 3 is 2.20 bits per heavy atom. The Bertz CT molecular complexity index is 464. The molecular formula is C16H22N2O2. The van der Waals surface area contributed by atoms with Gasteiger partial charge in [0.2, 0.25) is 0 Å². The fourth-order valence-corrected chi connectivity index (χ4v) is 1.95. The first kappa shape index (κ1) is 14.6. The molecule has 1 aliphatic carbocycles. The van der Waals surface area contributed by atoms with Gasteiger partial charge in [-0.3, -0.25) is 9.59 Å². The van der Waals surface area contributed by atoms with Crippen LogP contribution in [0.15, 0.2) is 24.3 Å². The Morgan fingerprint density at radius 2 is 1.65 bits per heavy atom. The van der Waals surface area contributed by atoms with Crippen LogP contribution in [0.3, 0.4) is 0 Å². The SMILES string of the molecule is CCCCCNC(=O)c1ccc(C(=O)NC2CC2)cc1. The summed E-state index contributed by atoms with van der Waals surface area (Å²) < 4.78 is 0. The van der Waals surface area contributed by atoms with Crippen molar-refractivity contribution in [1.29, 1.82) is 0 Å². The minimum Gasteiger partial charge on any atom is -0.352 e. The number of carbonyl (C=O) groups is 2. The van der Waals surface area contributed by atoms with Crippen LogP contribution in [0.5, 0.6) is 0 Å². The lowest BCUT2D eigenvalue weighted by Crippen LogP contribution is -2.26. The summed E-state index contributed by atoms with van der Waals surface area (Å²) in [5.41, 5.74) is 1.21. The molecule has 4 nitrogen and oxygen atoms in total. The molecule has 1 fully saturated rings. The molecule has 20 heavy (non-hydrogen) atoms. The average Bonchev–Trinajstić information content (AvgIpc) is 3.27. The Kier molecular flexibility index (Phi) is 5.16. The molecular weight excluding hydrogens is 252 g/mol. The van der Waals surface area contributed by atoms with Crippen molar-refractivity contribution in [2.24, 2.45) is 0 Å². The van der Waals surface area contributed by atoms with Crippen LogP contribution in [0.25, 0.3) is 0 Å². The molecule has 0 aromatic heterocycles. The van der Waals surface area contributed by atoms with Gasteiger partial charge in [0.1, 0.15) is 0 Å². The molecule has 2 amide bonds. The number of carbonyl (C=O) groups excluding carboxylic acids is 2. The molecule has 1 saturated carbocycles. The van der Waals surface area contributed by atoms with Crippen LogP contribution >= 0.6 is 0 Å². The molecule has 0 bridgehead atoms. The van der Waals surface area contributed by atoms with Gasteiger partial charge in [-0.05, 0) is 43.5 Å². The normalized spacial score (nSPS) is 13.8. The van der Waals surface area contributed by atoms with E-state index in [0.29, 0.717) is 23.7 Å². The summed E-state index contributed by atoms with van der Waals surface area (Å²) in [6.45, 7) is 2.84. The van der Waals surface area contributed by atoms with Crippen molar-refractivity contribution >= 4 is 11.8 Å². The minimum atomic E-state index is -0.0738. The molecule has 0 aliphatic heterocycles. The van der Waals surface area contributed by atoms with Gasteiger partial charge < -0.3 is 10.6 Å². The third-order valence-corrected chi connectivity index (χ3v) is 3.39. The largest absolute Gasteiger partial charge is 0.352 e. The maximum atomic E-state index is 11.9. The van der Waals surface area contributed by atoms with Gasteiger partial charge in [-0.2, -0.15) is 0 Å². The van der Waals surface area contributed by atoms with Gasteiger partial charge in [0.15, 0.2) is 0 Å². The molecule has 2 rings (SSSR count). The molecule has 1 aliphatic rings. The van der Waals surface area contributed by atoms with E-state index in [1.807, 2.05) is 0 Å². The lowest BCUT2D eigenvalue weighted by atomic mass is 10.1. The molecule has 0 saturated heterocycles. The molecule has 0 radical (unpaired) electrons. The average molecular weight is 274 g/mol. The van der Waals surface area contributed by atoms with Crippen LogP contribution in [-0.2, 0) is 0 Å². The van der Waals surface area contributed by atoms with Gasteiger partial charge >= 0.3 is 0 Å². The zero-order chi connectivity index (χ0) is 14.4. The summed E-state index contributed by atoms with van der Waals surface area (Å²) in [5, 5.41) is 5.81. The highest BCUT2D eigenvalue weighted by Crippen LogP contribution is 2.19. The number of rotatable bonds is 7. The van der Waals surface area contributed by atoms with E-state index in [1.165, 1.54) is 0 Å². The third-order valence-electron chi connectivity index (χ3n) is 3.39. The van der Waals surface area contributed by atoms with Gasteiger partial charge in [0, 0.05) is 23.7 Å². The van der Waals surface area contributed by atoms with Crippen molar-refractivity contribution in [2.45, 2.75) is 45.1 Å². The monoisotopic (exact) mass is 274 g/mol. The standard InChI is InChI=1S/C16H22N2O2/c1-2-3-4-11-17-15(19)12-5-7-13(8-6-12)16(20)18-14-9-10-14/h5-8,14H,2-4,9-11H2,1H3,(H,17,19)(H,18,20). The summed E-state index contributed by atoms with van der Waals surface area (Å²) in [6, 6.07) is 7.18. The Morgan fingerprint density at radius 1 is 1.05 bits per heavy atom. The first-order valence-electron chi connectivity index (χ1n) is 7.40. The first-order valence-corrected chi connectivity index (χ1v) is 7.40. The lowest BCUT2D eigenvalue weighted by Gasteiger charge is -2.06. The fourth-order valence-electron chi connectivity index (χ4n) is 1.95. The van der Waals surface area contributed by atoms with Crippen LogP contribution in [0.2, 0.25) is 0 Å². The van der Waals surface area contributed by atoms with E-state index in [2.05, 4.69) is 17.6 Å². The number of benzene rings is 1. The van der Waals surface area contributed by atoms with Gasteiger partial charge in [0.25, 0.3) is 11.8 Å². The van der Waals surface area contributed by atoms with Crippen molar-refractivity contribution in [1.82, 2.24) is 10.6 Å². The second-order valence-corrected chi connectivity index (χ2v) is 5.29. The van der Waals surface area contributed by atoms with Crippen molar-refractivity contribution < 1.29 is 9.59 Å². The van der Waals surface area contributed by atoms with Gasteiger partial charge in [-0.25, -0.2) is 0 Å². The topological polar surface area (TPSA) is 58.2 Å². The smallest absolute Gasteiger partial charge is 0.251 e. The van der Waals surface area contributed by atoms with Gasteiger partial charge in [-0.1, -0.05) is 19.8 Å². The number of amides is 2. The highest BCUT2D eigenvalue weighted by Gasteiger charge is 2.23. The van der Waals surface area contributed by atoms with Gasteiger partial charge in [-0.15, -0.1) is 0 Å². The first-order chi connectivity index (χ1) is 9.70. The van der Waals surface area contributed by atoms with Crippen LogP contribution in [0, 0.1) is 0 Å². The second kappa shape index (κ2) is 7.08. The van der Waals surface area contributed by atoms with E-state index in [1.54, 1.807) is 24.3 Å². The Hall–Kier alpha value is -1.84. The molecule has 4 heteroatoms. The molecule has 0 heterocycles. The van der Waals surface area contributed by atoms with Crippen molar-refractivity contribution in [3.05, 3.63) is 35.4 Å². The van der Waals surface area contributed by atoms with E-state index in [0.717, 1.165) is 32.1 Å². The molecule has 1 aromatic carbocycles. The summed E-state index contributed by atoms with van der Waals surface area (Å²) >= 11 is 0. The number of hydrogen-bond acceptors (Lipinski definition) is 2. The number of unbranched alkanes of at least 4 members (excludes halogenated alkanes) is 2. The summed E-state index contributed by atoms with van der Waals surface area (Å²) in [7, 11) is 0.